The lowest BCUT2D eigenvalue weighted by molar-refractivity contribution is 0.0952. The molecule has 0 aliphatic carbocycles. The molecule has 3 N–H and O–H groups in total. The highest BCUT2D eigenvalue weighted by Crippen LogP contribution is 2.28. The molecule has 0 aliphatic heterocycles. The van der Waals surface area contributed by atoms with E-state index in [1.807, 2.05) is 0 Å². The third kappa shape index (κ3) is 3.79. The van der Waals surface area contributed by atoms with Crippen molar-refractivity contribution < 1.29 is 13.6 Å². The molecular weight excluding hydrogens is 234 g/mol. The molecule has 1 aromatic rings. The van der Waals surface area contributed by atoms with Gasteiger partial charge in [0.2, 0.25) is 0 Å². The minimum Gasteiger partial charge on any atom is -0.351 e. The summed E-state index contributed by atoms with van der Waals surface area (Å²) in [6, 6.07) is 6.25. The van der Waals surface area contributed by atoms with Crippen LogP contribution in [0.2, 0.25) is 0 Å². The molecule has 3 nitrogen and oxygen atoms in total. The van der Waals surface area contributed by atoms with Gasteiger partial charge in [0.05, 0.1) is 5.56 Å². The van der Waals surface area contributed by atoms with Crippen molar-refractivity contribution in [2.24, 2.45) is 5.73 Å². The minimum absolute atomic E-state index is 0.251. The highest BCUT2D eigenvalue weighted by atomic mass is 32.2. The molecule has 0 bridgehead atoms. The molecule has 0 saturated carbocycles. The number of nitrogens with two attached hydrogens (primary N) is 1. The summed E-state index contributed by atoms with van der Waals surface area (Å²) in [6.07, 6.45) is 0. The summed E-state index contributed by atoms with van der Waals surface area (Å²) in [5.41, 5.74) is 5.48. The van der Waals surface area contributed by atoms with Crippen LogP contribution in [0.25, 0.3) is 0 Å². The van der Waals surface area contributed by atoms with Gasteiger partial charge in [-0.2, -0.15) is 8.78 Å². The molecule has 0 atom stereocenters. The molecule has 1 rings (SSSR count). The summed E-state index contributed by atoms with van der Waals surface area (Å²) < 4.78 is 24.5. The standard InChI is InChI=1S/C10H12F2N2OS/c11-10(12)16-8-4-2-1-3-7(8)9(15)14-6-5-13/h1-4,10H,5-6,13H2,(H,14,15). The second-order valence-electron chi connectivity index (χ2n) is 2.92. The number of halogens is 2. The summed E-state index contributed by atoms with van der Waals surface area (Å²) in [6.45, 7) is 0.641. The first-order valence-electron chi connectivity index (χ1n) is 4.67. The Morgan fingerprint density at radius 3 is 2.75 bits per heavy atom. The first-order chi connectivity index (χ1) is 7.65. The van der Waals surface area contributed by atoms with Gasteiger partial charge in [-0.3, -0.25) is 4.79 Å². The van der Waals surface area contributed by atoms with Crippen LogP contribution in [0.5, 0.6) is 0 Å². The van der Waals surface area contributed by atoms with E-state index in [1.54, 1.807) is 12.1 Å². The highest BCUT2D eigenvalue weighted by Gasteiger charge is 2.14. The molecule has 0 radical (unpaired) electrons. The molecule has 88 valence electrons. The fourth-order valence-electron chi connectivity index (χ4n) is 1.13. The van der Waals surface area contributed by atoms with Crippen molar-refractivity contribution >= 4 is 17.7 Å². The summed E-state index contributed by atoms with van der Waals surface area (Å²) >= 11 is 0.361. The Hall–Kier alpha value is -1.14. The molecule has 6 heteroatoms. The van der Waals surface area contributed by atoms with E-state index in [1.165, 1.54) is 12.1 Å². The Labute approximate surface area is 96.4 Å². The van der Waals surface area contributed by atoms with Gasteiger partial charge in [-0.25, -0.2) is 0 Å². The average Bonchev–Trinajstić information content (AvgIpc) is 2.26. The molecular formula is C10H12F2N2OS. The number of amides is 1. The largest absolute Gasteiger partial charge is 0.351 e. The maximum Gasteiger partial charge on any atom is 0.288 e. The lowest BCUT2D eigenvalue weighted by atomic mass is 10.2. The fourth-order valence-corrected chi connectivity index (χ4v) is 1.77. The molecule has 1 aromatic carbocycles. The van der Waals surface area contributed by atoms with Gasteiger partial charge in [0.15, 0.2) is 0 Å². The van der Waals surface area contributed by atoms with Crippen molar-refractivity contribution in [2.45, 2.75) is 10.7 Å². The number of hydrogen-bond donors (Lipinski definition) is 2. The first kappa shape index (κ1) is 12.9. The summed E-state index contributed by atoms with van der Waals surface area (Å²) in [5, 5.41) is 2.54. The van der Waals surface area contributed by atoms with Crippen LogP contribution >= 0.6 is 11.8 Å². The molecule has 0 spiro atoms. The van der Waals surface area contributed by atoms with Gasteiger partial charge in [0.25, 0.3) is 11.7 Å². The lowest BCUT2D eigenvalue weighted by Crippen LogP contribution is -2.29. The summed E-state index contributed by atoms with van der Waals surface area (Å²) in [4.78, 5) is 11.9. The molecule has 16 heavy (non-hydrogen) atoms. The molecule has 0 unspecified atom stereocenters. The number of carbonyl (C=O) groups is 1. The molecule has 1 amide bonds. The smallest absolute Gasteiger partial charge is 0.288 e. The molecule has 0 aliphatic rings. The van der Waals surface area contributed by atoms with Crippen LogP contribution in [0.4, 0.5) is 8.78 Å². The van der Waals surface area contributed by atoms with Gasteiger partial charge in [0, 0.05) is 18.0 Å². The predicted molar refractivity (Wildman–Crippen MR) is 59.7 cm³/mol. The van der Waals surface area contributed by atoms with Gasteiger partial charge in [-0.15, -0.1) is 0 Å². The SMILES string of the molecule is NCCNC(=O)c1ccccc1SC(F)F. The quantitative estimate of drug-likeness (QED) is 0.777. The highest BCUT2D eigenvalue weighted by molar-refractivity contribution is 7.99. The number of carbonyl (C=O) groups excluding carboxylic acids is 1. The van der Waals surface area contributed by atoms with Crippen molar-refractivity contribution in [3.8, 4) is 0 Å². The molecule has 0 saturated heterocycles. The van der Waals surface area contributed by atoms with Crippen LogP contribution in [0.3, 0.4) is 0 Å². The Morgan fingerprint density at radius 2 is 2.12 bits per heavy atom. The predicted octanol–water partition coefficient (Wildman–Crippen LogP) is 1.69. The number of thioether (sulfide) groups is 1. The van der Waals surface area contributed by atoms with E-state index in [9.17, 15) is 13.6 Å². The third-order valence-corrected chi connectivity index (χ3v) is 2.57. The average molecular weight is 246 g/mol. The van der Waals surface area contributed by atoms with E-state index in [-0.39, 0.29) is 16.4 Å². The van der Waals surface area contributed by atoms with Crippen molar-refractivity contribution in [1.82, 2.24) is 5.32 Å². The van der Waals surface area contributed by atoms with Crippen LogP contribution in [-0.4, -0.2) is 24.8 Å². The van der Waals surface area contributed by atoms with Crippen molar-refractivity contribution in [3.63, 3.8) is 0 Å². The van der Waals surface area contributed by atoms with Crippen molar-refractivity contribution in [1.29, 1.82) is 0 Å². The minimum atomic E-state index is -2.54. The number of alkyl halides is 2. The van der Waals surface area contributed by atoms with Crippen LogP contribution < -0.4 is 11.1 Å². The zero-order chi connectivity index (χ0) is 12.0. The topological polar surface area (TPSA) is 55.1 Å². The van der Waals surface area contributed by atoms with Gasteiger partial charge in [-0.1, -0.05) is 23.9 Å². The van der Waals surface area contributed by atoms with Crippen LogP contribution in [0.15, 0.2) is 29.2 Å². The van der Waals surface area contributed by atoms with E-state index in [0.29, 0.717) is 24.9 Å². The molecule has 0 aromatic heterocycles. The number of benzene rings is 1. The fraction of sp³-hybridized carbons (Fsp3) is 0.300. The number of rotatable bonds is 5. The normalized spacial score (nSPS) is 10.5. The monoisotopic (exact) mass is 246 g/mol. The van der Waals surface area contributed by atoms with Crippen LogP contribution in [-0.2, 0) is 0 Å². The first-order valence-corrected chi connectivity index (χ1v) is 5.55. The van der Waals surface area contributed by atoms with Gasteiger partial charge >= 0.3 is 0 Å². The summed E-state index contributed by atoms with van der Waals surface area (Å²) in [7, 11) is 0. The van der Waals surface area contributed by atoms with Gasteiger partial charge in [-0.05, 0) is 12.1 Å². The third-order valence-electron chi connectivity index (χ3n) is 1.78. The van der Waals surface area contributed by atoms with E-state index in [0.717, 1.165) is 0 Å². The van der Waals surface area contributed by atoms with Crippen molar-refractivity contribution in [2.75, 3.05) is 13.1 Å². The Morgan fingerprint density at radius 1 is 1.44 bits per heavy atom. The second kappa shape index (κ2) is 6.44. The van der Waals surface area contributed by atoms with Crippen LogP contribution in [0, 0.1) is 0 Å². The van der Waals surface area contributed by atoms with E-state index in [4.69, 9.17) is 5.73 Å². The number of nitrogens with one attached hydrogen (secondary N) is 1. The lowest BCUT2D eigenvalue weighted by Gasteiger charge is -2.08. The number of hydrogen-bond acceptors (Lipinski definition) is 3. The maximum atomic E-state index is 12.2. The van der Waals surface area contributed by atoms with E-state index in [2.05, 4.69) is 5.32 Å². The van der Waals surface area contributed by atoms with Gasteiger partial charge in [0.1, 0.15) is 0 Å². The summed E-state index contributed by atoms with van der Waals surface area (Å²) in [5.74, 6) is -2.92. The molecule has 0 heterocycles. The second-order valence-corrected chi connectivity index (χ2v) is 3.95. The van der Waals surface area contributed by atoms with Crippen molar-refractivity contribution in [3.05, 3.63) is 29.8 Å². The maximum absolute atomic E-state index is 12.2. The van der Waals surface area contributed by atoms with E-state index < -0.39 is 5.76 Å². The zero-order valence-electron chi connectivity index (χ0n) is 8.45. The Bertz CT molecular complexity index is 360. The van der Waals surface area contributed by atoms with Gasteiger partial charge < -0.3 is 11.1 Å². The Kier molecular flexibility index (Phi) is 5.21. The Balaban J connectivity index is 2.81. The molecule has 0 fully saturated rings. The van der Waals surface area contributed by atoms with E-state index >= 15 is 0 Å². The van der Waals surface area contributed by atoms with Crippen LogP contribution in [0.1, 0.15) is 10.4 Å². The zero-order valence-corrected chi connectivity index (χ0v) is 9.27.